The minimum atomic E-state index is -0.499. The van der Waals surface area contributed by atoms with Crippen LogP contribution in [0.1, 0.15) is 36.4 Å². The van der Waals surface area contributed by atoms with Gasteiger partial charge < -0.3 is 10.4 Å². The maximum Gasteiger partial charge on any atom is 0.165 e. The molecule has 0 radical (unpaired) electrons. The van der Waals surface area contributed by atoms with Crippen molar-refractivity contribution in [1.29, 1.82) is 0 Å². The number of benzene rings is 1. The summed E-state index contributed by atoms with van der Waals surface area (Å²) in [7, 11) is 0. The zero-order valence-electron chi connectivity index (χ0n) is 12.0. The maximum absolute atomic E-state index is 13.8. The highest BCUT2D eigenvalue weighted by atomic mass is 19.1. The summed E-state index contributed by atoms with van der Waals surface area (Å²) in [6.07, 6.45) is 3.59. The van der Waals surface area contributed by atoms with Gasteiger partial charge in [0.05, 0.1) is 0 Å². The lowest BCUT2D eigenvalue weighted by Crippen LogP contribution is -2.45. The van der Waals surface area contributed by atoms with Gasteiger partial charge in [0, 0.05) is 37.8 Å². The van der Waals surface area contributed by atoms with E-state index in [-0.39, 0.29) is 11.8 Å². The molecule has 110 valence electrons. The number of nitrogens with one attached hydrogen (secondary N) is 1. The van der Waals surface area contributed by atoms with Gasteiger partial charge >= 0.3 is 0 Å². The van der Waals surface area contributed by atoms with E-state index in [1.54, 1.807) is 6.07 Å². The van der Waals surface area contributed by atoms with Crippen molar-refractivity contribution in [3.8, 4) is 5.75 Å². The fourth-order valence-corrected chi connectivity index (χ4v) is 3.22. The molecule has 0 aromatic heterocycles. The van der Waals surface area contributed by atoms with E-state index in [9.17, 15) is 9.50 Å². The van der Waals surface area contributed by atoms with Crippen LogP contribution in [0.3, 0.4) is 0 Å². The molecule has 1 aromatic carbocycles. The van der Waals surface area contributed by atoms with Crippen LogP contribution in [0.5, 0.6) is 5.75 Å². The van der Waals surface area contributed by atoms with Crippen molar-refractivity contribution in [2.24, 2.45) is 5.92 Å². The van der Waals surface area contributed by atoms with Gasteiger partial charge in [-0.05, 0) is 30.9 Å². The molecule has 2 N–H and O–H groups in total. The van der Waals surface area contributed by atoms with Crippen molar-refractivity contribution in [1.82, 2.24) is 10.2 Å². The van der Waals surface area contributed by atoms with E-state index in [4.69, 9.17) is 0 Å². The summed E-state index contributed by atoms with van der Waals surface area (Å²) in [5, 5.41) is 13.5. The van der Waals surface area contributed by atoms with Crippen molar-refractivity contribution in [2.75, 3.05) is 26.2 Å². The Bertz CT molecular complexity index is 482. The molecule has 3 nitrogen and oxygen atoms in total. The predicted molar refractivity (Wildman–Crippen MR) is 77.3 cm³/mol. The smallest absolute Gasteiger partial charge is 0.165 e. The van der Waals surface area contributed by atoms with E-state index in [1.165, 1.54) is 18.9 Å². The topological polar surface area (TPSA) is 35.5 Å². The van der Waals surface area contributed by atoms with Crippen LogP contribution in [-0.2, 0) is 0 Å². The second-order valence-corrected chi connectivity index (χ2v) is 6.11. The largest absolute Gasteiger partial charge is 0.505 e. The quantitative estimate of drug-likeness (QED) is 0.888. The minimum absolute atomic E-state index is 0.144. The second-order valence-electron chi connectivity index (χ2n) is 6.11. The number of hydrogen-bond donors (Lipinski definition) is 2. The van der Waals surface area contributed by atoms with Gasteiger partial charge in [-0.1, -0.05) is 18.9 Å². The summed E-state index contributed by atoms with van der Waals surface area (Å²) < 4.78 is 13.8. The summed E-state index contributed by atoms with van der Waals surface area (Å²) in [6, 6.07) is 3.30. The third kappa shape index (κ3) is 2.81. The Morgan fingerprint density at radius 2 is 2.05 bits per heavy atom. The van der Waals surface area contributed by atoms with E-state index in [1.807, 2.05) is 6.92 Å². The summed E-state index contributed by atoms with van der Waals surface area (Å²) >= 11 is 0. The summed E-state index contributed by atoms with van der Waals surface area (Å²) in [5.74, 6) is 0.104. The Morgan fingerprint density at radius 3 is 2.70 bits per heavy atom. The second kappa shape index (κ2) is 5.70. The fourth-order valence-electron chi connectivity index (χ4n) is 3.22. The average Bonchev–Trinajstić information content (AvgIpc) is 3.27. The van der Waals surface area contributed by atoms with Crippen LogP contribution in [-0.4, -0.2) is 36.2 Å². The molecule has 0 unspecified atom stereocenters. The standard InChI is InChI=1S/C16H23FN2O/c1-11-2-5-13(17)16(20)15(11)14(10-12-3-4-12)19-8-6-18-7-9-19/h2,5,12,14,18,20H,3-4,6-10H2,1H3/t14-/m1/s1. The molecule has 1 aromatic rings. The number of aryl methyl sites for hydroxylation is 1. The number of halogens is 1. The molecule has 1 saturated heterocycles. The molecular weight excluding hydrogens is 255 g/mol. The summed E-state index contributed by atoms with van der Waals surface area (Å²) in [5.41, 5.74) is 1.80. The number of piperazine rings is 1. The lowest BCUT2D eigenvalue weighted by Gasteiger charge is -2.36. The third-order valence-electron chi connectivity index (χ3n) is 4.56. The molecule has 1 atom stereocenters. The number of rotatable bonds is 4. The van der Waals surface area contributed by atoms with E-state index < -0.39 is 5.82 Å². The van der Waals surface area contributed by atoms with Gasteiger partial charge in [-0.3, -0.25) is 4.90 Å². The van der Waals surface area contributed by atoms with Crippen molar-refractivity contribution < 1.29 is 9.50 Å². The molecule has 2 aliphatic rings. The van der Waals surface area contributed by atoms with Crippen molar-refractivity contribution in [3.63, 3.8) is 0 Å². The first-order valence-corrected chi connectivity index (χ1v) is 7.59. The molecule has 1 aliphatic heterocycles. The first-order chi connectivity index (χ1) is 9.66. The molecule has 1 heterocycles. The van der Waals surface area contributed by atoms with Crippen LogP contribution < -0.4 is 5.32 Å². The van der Waals surface area contributed by atoms with Crippen LogP contribution in [0.15, 0.2) is 12.1 Å². The molecule has 20 heavy (non-hydrogen) atoms. The molecule has 4 heteroatoms. The minimum Gasteiger partial charge on any atom is -0.505 e. The monoisotopic (exact) mass is 278 g/mol. The predicted octanol–water partition coefficient (Wildman–Crippen LogP) is 2.59. The third-order valence-corrected chi connectivity index (χ3v) is 4.56. The zero-order chi connectivity index (χ0) is 14.1. The first kappa shape index (κ1) is 13.8. The van der Waals surface area contributed by atoms with Crippen molar-refractivity contribution >= 4 is 0 Å². The van der Waals surface area contributed by atoms with Crippen LogP contribution in [0.2, 0.25) is 0 Å². The zero-order valence-corrected chi connectivity index (χ0v) is 12.0. The molecule has 1 saturated carbocycles. The Morgan fingerprint density at radius 1 is 1.35 bits per heavy atom. The highest BCUT2D eigenvalue weighted by molar-refractivity contribution is 5.42. The Kier molecular flexibility index (Phi) is 3.94. The van der Waals surface area contributed by atoms with E-state index in [2.05, 4.69) is 10.2 Å². The number of hydrogen-bond acceptors (Lipinski definition) is 3. The SMILES string of the molecule is Cc1ccc(F)c(O)c1[C@@H](CC1CC1)N1CCNCC1. The number of phenols is 1. The molecular formula is C16H23FN2O. The van der Waals surface area contributed by atoms with E-state index in [0.29, 0.717) is 0 Å². The van der Waals surface area contributed by atoms with Crippen LogP contribution >= 0.6 is 0 Å². The van der Waals surface area contributed by atoms with Gasteiger partial charge in [0.25, 0.3) is 0 Å². The maximum atomic E-state index is 13.8. The highest BCUT2D eigenvalue weighted by Gasteiger charge is 2.33. The van der Waals surface area contributed by atoms with Gasteiger partial charge in [0.15, 0.2) is 11.6 Å². The Hall–Kier alpha value is -1.13. The Balaban J connectivity index is 1.93. The highest BCUT2D eigenvalue weighted by Crippen LogP contribution is 2.43. The lowest BCUT2D eigenvalue weighted by atomic mass is 9.93. The van der Waals surface area contributed by atoms with Gasteiger partial charge in [-0.15, -0.1) is 0 Å². The number of nitrogens with zero attached hydrogens (tertiary/aromatic N) is 1. The first-order valence-electron chi connectivity index (χ1n) is 7.59. The van der Waals surface area contributed by atoms with E-state index in [0.717, 1.165) is 49.6 Å². The average molecular weight is 278 g/mol. The normalized spacial score (nSPS) is 21.9. The summed E-state index contributed by atoms with van der Waals surface area (Å²) in [4.78, 5) is 2.40. The molecule has 0 amide bonds. The molecule has 0 bridgehead atoms. The number of phenolic OH excluding ortho intramolecular Hbond substituents is 1. The lowest BCUT2D eigenvalue weighted by molar-refractivity contribution is 0.157. The van der Waals surface area contributed by atoms with Gasteiger partial charge in [0.1, 0.15) is 0 Å². The van der Waals surface area contributed by atoms with Crippen molar-refractivity contribution in [3.05, 3.63) is 29.1 Å². The number of aromatic hydroxyl groups is 1. The molecule has 3 rings (SSSR count). The Labute approximate surface area is 119 Å². The summed E-state index contributed by atoms with van der Waals surface area (Å²) in [6.45, 7) is 5.84. The van der Waals surface area contributed by atoms with Crippen LogP contribution in [0.4, 0.5) is 4.39 Å². The van der Waals surface area contributed by atoms with Gasteiger partial charge in [0.2, 0.25) is 0 Å². The van der Waals surface area contributed by atoms with Gasteiger partial charge in [-0.25, -0.2) is 4.39 Å². The molecule has 0 spiro atoms. The molecule has 1 aliphatic carbocycles. The fraction of sp³-hybridized carbons (Fsp3) is 0.625. The van der Waals surface area contributed by atoms with Crippen LogP contribution in [0.25, 0.3) is 0 Å². The molecule has 2 fully saturated rings. The van der Waals surface area contributed by atoms with E-state index >= 15 is 0 Å². The van der Waals surface area contributed by atoms with Gasteiger partial charge in [-0.2, -0.15) is 0 Å². The van der Waals surface area contributed by atoms with Crippen LogP contribution in [0, 0.1) is 18.7 Å². The van der Waals surface area contributed by atoms with Crippen molar-refractivity contribution in [2.45, 2.75) is 32.2 Å².